The van der Waals surface area contributed by atoms with Gasteiger partial charge >= 0.3 is 0 Å². The maximum Gasteiger partial charge on any atom is 0.273 e. The van der Waals surface area contributed by atoms with Crippen LogP contribution >= 0.6 is 0 Å². The van der Waals surface area contributed by atoms with Crippen LogP contribution in [-0.2, 0) is 16.4 Å². The summed E-state index contributed by atoms with van der Waals surface area (Å²) in [6, 6.07) is 2.84. The second kappa shape index (κ2) is 5.48. The minimum Gasteiger partial charge on any atom is -0.359 e. The van der Waals surface area contributed by atoms with Crippen LogP contribution in [0.25, 0.3) is 0 Å². The van der Waals surface area contributed by atoms with Crippen LogP contribution < -0.4 is 5.32 Å². The van der Waals surface area contributed by atoms with Crippen molar-refractivity contribution in [2.45, 2.75) is 37.1 Å². The summed E-state index contributed by atoms with van der Waals surface area (Å²) >= 11 is 0. The molecule has 0 bridgehead atoms. The standard InChI is InChI=1S/C14H18N4O4S/c1-10(14(4-5-14)23(2,20)21)16-13(19)12-8-11(22-17-12)9-18-7-3-6-15-18/h3,6-8,10H,4-5,9H2,1-2H3,(H,16,19). The summed E-state index contributed by atoms with van der Waals surface area (Å²) in [4.78, 5) is 12.2. The van der Waals surface area contributed by atoms with E-state index in [1.54, 1.807) is 30.1 Å². The average Bonchev–Trinajstić information content (AvgIpc) is 2.92. The summed E-state index contributed by atoms with van der Waals surface area (Å²) in [7, 11) is -3.22. The van der Waals surface area contributed by atoms with Crippen molar-refractivity contribution in [3.63, 3.8) is 0 Å². The molecule has 3 rings (SSSR count). The first-order valence-electron chi connectivity index (χ1n) is 7.25. The molecule has 2 aromatic rings. The fraction of sp³-hybridized carbons (Fsp3) is 0.500. The molecule has 9 heteroatoms. The molecule has 0 spiro atoms. The van der Waals surface area contributed by atoms with Crippen molar-refractivity contribution in [3.8, 4) is 0 Å². The van der Waals surface area contributed by atoms with E-state index in [0.29, 0.717) is 25.1 Å². The number of nitrogens with one attached hydrogen (secondary N) is 1. The Labute approximate surface area is 133 Å². The number of amides is 1. The van der Waals surface area contributed by atoms with Crippen LogP contribution in [0, 0.1) is 0 Å². The van der Waals surface area contributed by atoms with E-state index in [2.05, 4.69) is 15.6 Å². The topological polar surface area (TPSA) is 107 Å². The van der Waals surface area contributed by atoms with E-state index in [4.69, 9.17) is 4.52 Å². The number of carbonyl (C=O) groups excluding carboxylic acids is 1. The highest BCUT2D eigenvalue weighted by Crippen LogP contribution is 2.46. The van der Waals surface area contributed by atoms with E-state index in [1.807, 2.05) is 0 Å². The molecule has 1 unspecified atom stereocenters. The first-order chi connectivity index (χ1) is 10.8. The fourth-order valence-corrected chi connectivity index (χ4v) is 4.24. The number of carbonyl (C=O) groups is 1. The lowest BCUT2D eigenvalue weighted by molar-refractivity contribution is 0.0928. The molecule has 23 heavy (non-hydrogen) atoms. The van der Waals surface area contributed by atoms with Gasteiger partial charge in [-0.2, -0.15) is 5.10 Å². The van der Waals surface area contributed by atoms with Crippen molar-refractivity contribution in [1.82, 2.24) is 20.3 Å². The molecular weight excluding hydrogens is 320 g/mol. The van der Waals surface area contributed by atoms with Gasteiger partial charge in [-0.1, -0.05) is 5.16 Å². The Morgan fingerprint density at radius 3 is 2.83 bits per heavy atom. The van der Waals surface area contributed by atoms with Crippen molar-refractivity contribution in [3.05, 3.63) is 36.0 Å². The van der Waals surface area contributed by atoms with Gasteiger partial charge in [0.05, 0.1) is 4.75 Å². The van der Waals surface area contributed by atoms with Gasteiger partial charge < -0.3 is 9.84 Å². The van der Waals surface area contributed by atoms with Gasteiger partial charge in [0.25, 0.3) is 5.91 Å². The first kappa shape index (κ1) is 15.7. The summed E-state index contributed by atoms with van der Waals surface area (Å²) in [5.74, 6) is 0.0543. The van der Waals surface area contributed by atoms with Crippen LogP contribution in [0.3, 0.4) is 0 Å². The van der Waals surface area contributed by atoms with E-state index < -0.39 is 26.5 Å². The first-order valence-corrected chi connectivity index (χ1v) is 9.14. The van der Waals surface area contributed by atoms with Crippen molar-refractivity contribution in [2.24, 2.45) is 0 Å². The van der Waals surface area contributed by atoms with Crippen molar-refractivity contribution < 1.29 is 17.7 Å². The average molecular weight is 338 g/mol. The Kier molecular flexibility index (Phi) is 3.75. The molecule has 1 atom stereocenters. The molecule has 0 saturated heterocycles. The molecule has 2 aromatic heterocycles. The molecule has 2 heterocycles. The number of hydrogen-bond donors (Lipinski definition) is 1. The summed E-state index contributed by atoms with van der Waals surface area (Å²) in [6.07, 6.45) is 5.76. The Hall–Kier alpha value is -2.16. The Balaban J connectivity index is 1.66. The maximum atomic E-state index is 12.2. The third-order valence-electron chi connectivity index (χ3n) is 4.29. The molecule has 0 aliphatic heterocycles. The number of nitrogens with zero attached hydrogens (tertiary/aromatic N) is 3. The molecular formula is C14H18N4O4S. The summed E-state index contributed by atoms with van der Waals surface area (Å²) in [6.45, 7) is 2.08. The van der Waals surface area contributed by atoms with E-state index in [-0.39, 0.29) is 5.69 Å². The molecule has 1 aliphatic rings. The van der Waals surface area contributed by atoms with Crippen molar-refractivity contribution in [1.29, 1.82) is 0 Å². The number of aromatic nitrogens is 3. The van der Waals surface area contributed by atoms with Crippen molar-refractivity contribution >= 4 is 15.7 Å². The molecule has 1 aliphatic carbocycles. The van der Waals surface area contributed by atoms with Crippen LogP contribution in [0.4, 0.5) is 0 Å². The molecule has 8 nitrogen and oxygen atoms in total. The van der Waals surface area contributed by atoms with E-state index in [1.165, 1.54) is 12.3 Å². The number of rotatable bonds is 6. The molecule has 1 saturated carbocycles. The number of sulfone groups is 1. The minimum absolute atomic E-state index is 0.128. The highest BCUT2D eigenvalue weighted by molar-refractivity contribution is 7.92. The van der Waals surface area contributed by atoms with Gasteiger partial charge in [-0.15, -0.1) is 0 Å². The molecule has 0 aromatic carbocycles. The lowest BCUT2D eigenvalue weighted by Crippen LogP contribution is -2.46. The van der Waals surface area contributed by atoms with Gasteiger partial charge in [-0.25, -0.2) is 8.42 Å². The third kappa shape index (κ3) is 3.00. The Morgan fingerprint density at radius 1 is 1.52 bits per heavy atom. The zero-order valence-electron chi connectivity index (χ0n) is 12.9. The van der Waals surface area contributed by atoms with Crippen LogP contribution in [0.15, 0.2) is 29.0 Å². The van der Waals surface area contributed by atoms with Gasteiger partial charge in [-0.05, 0) is 25.8 Å². The second-order valence-electron chi connectivity index (χ2n) is 5.91. The lowest BCUT2D eigenvalue weighted by Gasteiger charge is -2.22. The predicted molar refractivity (Wildman–Crippen MR) is 81.6 cm³/mol. The third-order valence-corrected chi connectivity index (χ3v) is 6.53. The van der Waals surface area contributed by atoms with Gasteiger partial charge in [0, 0.05) is 30.8 Å². The van der Waals surface area contributed by atoms with Crippen LogP contribution in [0.1, 0.15) is 36.0 Å². The molecule has 124 valence electrons. The normalized spacial score (nSPS) is 17.7. The molecule has 1 N–H and O–H groups in total. The highest BCUT2D eigenvalue weighted by atomic mass is 32.2. The Morgan fingerprint density at radius 2 is 2.26 bits per heavy atom. The zero-order valence-corrected chi connectivity index (χ0v) is 13.7. The SMILES string of the molecule is CC(NC(=O)c1cc(Cn2cccn2)on1)C1(S(C)(=O)=O)CC1. The zero-order chi connectivity index (χ0) is 16.7. The molecule has 0 radical (unpaired) electrons. The molecule has 1 amide bonds. The van der Waals surface area contributed by atoms with E-state index >= 15 is 0 Å². The van der Waals surface area contributed by atoms with Crippen molar-refractivity contribution in [2.75, 3.05) is 6.26 Å². The fourth-order valence-electron chi connectivity index (χ4n) is 2.70. The summed E-state index contributed by atoms with van der Waals surface area (Å²) in [5, 5.41) is 10.5. The van der Waals surface area contributed by atoms with Gasteiger partial charge in [-0.3, -0.25) is 9.48 Å². The summed E-state index contributed by atoms with van der Waals surface area (Å²) in [5.41, 5.74) is 0.128. The van der Waals surface area contributed by atoms with Gasteiger partial charge in [0.1, 0.15) is 6.54 Å². The minimum atomic E-state index is -3.22. The largest absolute Gasteiger partial charge is 0.359 e. The predicted octanol–water partition coefficient (Wildman–Crippen LogP) is 0.615. The van der Waals surface area contributed by atoms with E-state index in [9.17, 15) is 13.2 Å². The van der Waals surface area contributed by atoms with Gasteiger partial charge in [0.2, 0.25) is 0 Å². The second-order valence-corrected chi connectivity index (χ2v) is 8.27. The van der Waals surface area contributed by atoms with Crippen LogP contribution in [-0.4, -0.2) is 46.3 Å². The summed E-state index contributed by atoms with van der Waals surface area (Å²) < 4.78 is 29.6. The van der Waals surface area contributed by atoms with Crippen LogP contribution in [0.2, 0.25) is 0 Å². The monoisotopic (exact) mass is 338 g/mol. The van der Waals surface area contributed by atoms with Gasteiger partial charge in [0.15, 0.2) is 21.3 Å². The smallest absolute Gasteiger partial charge is 0.273 e. The molecule has 1 fully saturated rings. The Bertz CT molecular complexity index is 806. The quantitative estimate of drug-likeness (QED) is 0.827. The lowest BCUT2D eigenvalue weighted by atomic mass is 10.2. The van der Waals surface area contributed by atoms with E-state index in [0.717, 1.165) is 0 Å². The highest BCUT2D eigenvalue weighted by Gasteiger charge is 2.56. The number of hydrogen-bond acceptors (Lipinski definition) is 6. The van der Waals surface area contributed by atoms with Crippen LogP contribution in [0.5, 0.6) is 0 Å². The maximum absolute atomic E-state index is 12.2.